The molecule has 18 heavy (non-hydrogen) atoms. The normalized spacial score (nSPS) is 27.4. The number of ether oxygens (including phenoxy) is 1. The van der Waals surface area contributed by atoms with Crippen molar-refractivity contribution in [3.63, 3.8) is 0 Å². The number of hydrogen-bond donors (Lipinski definition) is 0. The second kappa shape index (κ2) is 5.53. The molecule has 2 rings (SSSR count). The van der Waals surface area contributed by atoms with E-state index < -0.39 is 0 Å². The molecule has 0 saturated carbocycles. The standard InChI is InChI=1S/C15H22N2O/c1-11-10-17(3)12(2)9-14(11)16-13-7-5-6-8-15(13)18-4/h5-8,11-12H,9-10H2,1-4H3. The zero-order valence-corrected chi connectivity index (χ0v) is 11.7. The molecule has 0 spiro atoms. The van der Waals surface area contributed by atoms with Crippen molar-refractivity contribution < 1.29 is 4.74 Å². The van der Waals surface area contributed by atoms with Gasteiger partial charge in [0, 0.05) is 30.6 Å². The lowest BCUT2D eigenvalue weighted by Gasteiger charge is -2.34. The predicted molar refractivity (Wildman–Crippen MR) is 76.0 cm³/mol. The lowest BCUT2D eigenvalue weighted by Crippen LogP contribution is -2.42. The number of piperidine rings is 1. The van der Waals surface area contributed by atoms with E-state index in [0.717, 1.165) is 24.4 Å². The minimum absolute atomic E-state index is 0.510. The van der Waals surface area contributed by atoms with Gasteiger partial charge in [0.05, 0.1) is 7.11 Å². The van der Waals surface area contributed by atoms with Gasteiger partial charge in [-0.15, -0.1) is 0 Å². The average molecular weight is 246 g/mol. The van der Waals surface area contributed by atoms with Crippen LogP contribution in [0.1, 0.15) is 20.3 Å². The summed E-state index contributed by atoms with van der Waals surface area (Å²) in [6.07, 6.45) is 1.04. The second-order valence-electron chi connectivity index (χ2n) is 5.17. The van der Waals surface area contributed by atoms with Gasteiger partial charge in [0.1, 0.15) is 11.4 Å². The summed E-state index contributed by atoms with van der Waals surface area (Å²) in [4.78, 5) is 7.21. The molecule has 1 aliphatic heterocycles. The van der Waals surface area contributed by atoms with Gasteiger partial charge in [0.15, 0.2) is 0 Å². The number of nitrogens with zero attached hydrogens (tertiary/aromatic N) is 2. The summed E-state index contributed by atoms with van der Waals surface area (Å²) in [7, 11) is 3.88. The summed E-state index contributed by atoms with van der Waals surface area (Å²) in [5.74, 6) is 1.36. The Morgan fingerprint density at radius 2 is 2.00 bits per heavy atom. The van der Waals surface area contributed by atoms with Gasteiger partial charge in [-0.2, -0.15) is 0 Å². The van der Waals surface area contributed by atoms with E-state index >= 15 is 0 Å². The third-order valence-corrected chi connectivity index (χ3v) is 3.74. The first-order valence-electron chi connectivity index (χ1n) is 6.52. The molecule has 0 bridgehead atoms. The Morgan fingerprint density at radius 1 is 1.28 bits per heavy atom. The molecule has 1 heterocycles. The van der Waals surface area contributed by atoms with E-state index in [9.17, 15) is 0 Å². The van der Waals surface area contributed by atoms with Gasteiger partial charge in [-0.3, -0.25) is 4.99 Å². The molecule has 3 heteroatoms. The Morgan fingerprint density at radius 3 is 2.72 bits per heavy atom. The first-order chi connectivity index (χ1) is 8.61. The SMILES string of the molecule is COc1ccccc1N=C1CC(C)N(C)CC1C. The van der Waals surface area contributed by atoms with E-state index in [1.54, 1.807) is 7.11 Å². The quantitative estimate of drug-likeness (QED) is 0.801. The molecule has 2 unspecified atom stereocenters. The van der Waals surface area contributed by atoms with Crippen molar-refractivity contribution in [3.05, 3.63) is 24.3 Å². The number of methoxy groups -OCH3 is 1. The van der Waals surface area contributed by atoms with Crippen LogP contribution in [0.5, 0.6) is 5.75 Å². The van der Waals surface area contributed by atoms with Crippen LogP contribution in [0.4, 0.5) is 5.69 Å². The molecule has 1 saturated heterocycles. The van der Waals surface area contributed by atoms with Gasteiger partial charge in [0.25, 0.3) is 0 Å². The molecule has 2 atom stereocenters. The van der Waals surface area contributed by atoms with E-state index in [0.29, 0.717) is 12.0 Å². The van der Waals surface area contributed by atoms with E-state index in [-0.39, 0.29) is 0 Å². The van der Waals surface area contributed by atoms with Crippen molar-refractivity contribution >= 4 is 11.4 Å². The first kappa shape index (κ1) is 13.1. The zero-order chi connectivity index (χ0) is 13.1. The minimum Gasteiger partial charge on any atom is -0.494 e. The zero-order valence-electron chi connectivity index (χ0n) is 11.7. The summed E-state index contributed by atoms with van der Waals surface area (Å²) < 4.78 is 5.35. The Hall–Kier alpha value is -1.35. The van der Waals surface area contributed by atoms with Crippen molar-refractivity contribution in [2.24, 2.45) is 10.9 Å². The highest BCUT2D eigenvalue weighted by atomic mass is 16.5. The second-order valence-corrected chi connectivity index (χ2v) is 5.17. The molecule has 1 fully saturated rings. The highest BCUT2D eigenvalue weighted by molar-refractivity contribution is 5.90. The van der Waals surface area contributed by atoms with Gasteiger partial charge < -0.3 is 9.64 Å². The van der Waals surface area contributed by atoms with Crippen molar-refractivity contribution in [3.8, 4) is 5.75 Å². The molecular weight excluding hydrogens is 224 g/mol. The summed E-state index contributed by atoms with van der Waals surface area (Å²) >= 11 is 0. The van der Waals surface area contributed by atoms with Gasteiger partial charge in [-0.05, 0) is 26.1 Å². The van der Waals surface area contributed by atoms with Crippen molar-refractivity contribution in [2.75, 3.05) is 20.7 Å². The van der Waals surface area contributed by atoms with Gasteiger partial charge in [0.2, 0.25) is 0 Å². The van der Waals surface area contributed by atoms with Crippen LogP contribution in [0.2, 0.25) is 0 Å². The molecule has 3 nitrogen and oxygen atoms in total. The maximum absolute atomic E-state index is 5.35. The fourth-order valence-electron chi connectivity index (χ4n) is 2.41. The van der Waals surface area contributed by atoms with Crippen LogP contribution in [-0.4, -0.2) is 37.4 Å². The largest absolute Gasteiger partial charge is 0.494 e. The highest BCUT2D eigenvalue weighted by Gasteiger charge is 2.25. The topological polar surface area (TPSA) is 24.8 Å². The van der Waals surface area contributed by atoms with E-state index in [2.05, 4.69) is 25.8 Å². The third-order valence-electron chi connectivity index (χ3n) is 3.74. The summed E-state index contributed by atoms with van der Waals surface area (Å²) in [6, 6.07) is 8.52. The molecule has 0 N–H and O–H groups in total. The van der Waals surface area contributed by atoms with E-state index in [4.69, 9.17) is 9.73 Å². The molecule has 0 radical (unpaired) electrons. The smallest absolute Gasteiger partial charge is 0.144 e. The number of likely N-dealkylation sites (tertiary alicyclic amines) is 1. The van der Waals surface area contributed by atoms with E-state index in [1.165, 1.54) is 5.71 Å². The number of hydrogen-bond acceptors (Lipinski definition) is 3. The Labute approximate surface area is 109 Å². The number of benzene rings is 1. The number of para-hydroxylation sites is 2. The minimum atomic E-state index is 0.510. The maximum Gasteiger partial charge on any atom is 0.144 e. The molecule has 1 aliphatic rings. The summed E-state index contributed by atoms with van der Waals surface area (Å²) in [5.41, 5.74) is 2.23. The molecule has 0 aliphatic carbocycles. The molecule has 1 aromatic rings. The van der Waals surface area contributed by atoms with Gasteiger partial charge in [-0.25, -0.2) is 0 Å². The van der Waals surface area contributed by atoms with Crippen molar-refractivity contribution in [2.45, 2.75) is 26.3 Å². The highest BCUT2D eigenvalue weighted by Crippen LogP contribution is 2.29. The molecule has 1 aromatic carbocycles. The average Bonchev–Trinajstić information content (AvgIpc) is 2.36. The van der Waals surface area contributed by atoms with Gasteiger partial charge in [-0.1, -0.05) is 19.1 Å². The fourth-order valence-corrected chi connectivity index (χ4v) is 2.41. The number of rotatable bonds is 2. The summed E-state index contributed by atoms with van der Waals surface area (Å²) in [6.45, 7) is 5.58. The van der Waals surface area contributed by atoms with Crippen LogP contribution < -0.4 is 4.74 Å². The lowest BCUT2D eigenvalue weighted by atomic mass is 9.93. The van der Waals surface area contributed by atoms with Crippen molar-refractivity contribution in [1.29, 1.82) is 0 Å². The molecule has 0 amide bonds. The maximum atomic E-state index is 5.35. The van der Waals surface area contributed by atoms with E-state index in [1.807, 2.05) is 24.3 Å². The Balaban J connectivity index is 2.27. The predicted octanol–water partition coefficient (Wildman–Crippen LogP) is 3.13. The molecular formula is C15H22N2O. The molecule has 98 valence electrons. The lowest BCUT2D eigenvalue weighted by molar-refractivity contribution is 0.225. The van der Waals surface area contributed by atoms with Crippen LogP contribution >= 0.6 is 0 Å². The first-order valence-corrected chi connectivity index (χ1v) is 6.52. The number of aliphatic imine (C=N–C) groups is 1. The van der Waals surface area contributed by atoms with Crippen molar-refractivity contribution in [1.82, 2.24) is 4.90 Å². The van der Waals surface area contributed by atoms with Crippen LogP contribution in [0.25, 0.3) is 0 Å². The summed E-state index contributed by atoms with van der Waals surface area (Å²) in [5, 5.41) is 0. The molecule has 0 aromatic heterocycles. The van der Waals surface area contributed by atoms with Crippen LogP contribution in [0.3, 0.4) is 0 Å². The Kier molecular flexibility index (Phi) is 4.02. The van der Waals surface area contributed by atoms with Crippen LogP contribution in [-0.2, 0) is 0 Å². The Bertz CT molecular complexity index is 442. The fraction of sp³-hybridized carbons (Fsp3) is 0.533. The van der Waals surface area contributed by atoms with Crippen LogP contribution in [0, 0.1) is 5.92 Å². The third kappa shape index (κ3) is 2.72. The van der Waals surface area contributed by atoms with Gasteiger partial charge >= 0.3 is 0 Å². The van der Waals surface area contributed by atoms with Crippen LogP contribution in [0.15, 0.2) is 29.3 Å². The monoisotopic (exact) mass is 246 g/mol.